The Labute approximate surface area is 143 Å². The fraction of sp³-hybridized carbons (Fsp3) is 0.227. The summed E-state index contributed by atoms with van der Waals surface area (Å²) >= 11 is 0. The fourth-order valence-corrected chi connectivity index (χ4v) is 3.80. The Morgan fingerprint density at radius 1 is 0.875 bits per heavy atom. The molecule has 1 aliphatic heterocycles. The quantitative estimate of drug-likeness (QED) is 0.630. The molecule has 1 aliphatic rings. The van der Waals surface area contributed by atoms with Crippen LogP contribution in [0.15, 0.2) is 60.7 Å². The summed E-state index contributed by atoms with van der Waals surface area (Å²) in [5.74, 6) is 0.888. The number of ether oxygens (including phenoxy) is 1. The molecule has 0 bridgehead atoms. The zero-order valence-corrected chi connectivity index (χ0v) is 14.6. The van der Waals surface area contributed by atoms with E-state index in [4.69, 9.17) is 4.74 Å². The number of fused-ring (bicyclic) bond motifs is 3. The second kappa shape index (κ2) is 5.20. The van der Waals surface area contributed by atoms with E-state index < -0.39 is 0 Å². The number of aryl methyl sites for hydroxylation is 1. The second-order valence-electron chi connectivity index (χ2n) is 6.98. The molecule has 4 rings (SSSR count). The summed E-state index contributed by atoms with van der Waals surface area (Å²) in [5.41, 5.74) is 7.77. The SMILES string of the molecule is COc1ccc(-c2cc(C)[n+]3c(c2)C(C)(C)c2ccccc2-3)cc1. The highest BCUT2D eigenvalue weighted by Crippen LogP contribution is 2.39. The first-order chi connectivity index (χ1) is 11.5. The Kier molecular flexibility index (Phi) is 3.24. The summed E-state index contributed by atoms with van der Waals surface area (Å²) in [6, 6.07) is 21.6. The van der Waals surface area contributed by atoms with Crippen LogP contribution in [0.25, 0.3) is 16.8 Å². The van der Waals surface area contributed by atoms with Crippen LogP contribution in [0.4, 0.5) is 0 Å². The van der Waals surface area contributed by atoms with Crippen LogP contribution < -0.4 is 9.30 Å². The van der Waals surface area contributed by atoms with Gasteiger partial charge in [0.2, 0.25) is 5.69 Å². The summed E-state index contributed by atoms with van der Waals surface area (Å²) in [7, 11) is 1.70. The minimum absolute atomic E-state index is 0.00380. The van der Waals surface area contributed by atoms with Gasteiger partial charge in [-0.1, -0.05) is 30.3 Å². The minimum Gasteiger partial charge on any atom is -0.497 e. The predicted octanol–water partition coefficient (Wildman–Crippen LogP) is 4.59. The van der Waals surface area contributed by atoms with E-state index in [1.54, 1.807) is 7.11 Å². The monoisotopic (exact) mass is 316 g/mol. The van der Waals surface area contributed by atoms with Crippen molar-refractivity contribution in [3.8, 4) is 22.6 Å². The van der Waals surface area contributed by atoms with Crippen molar-refractivity contribution in [3.63, 3.8) is 0 Å². The van der Waals surface area contributed by atoms with E-state index in [0.29, 0.717) is 0 Å². The lowest BCUT2D eigenvalue weighted by molar-refractivity contribution is -0.606. The largest absolute Gasteiger partial charge is 0.497 e. The van der Waals surface area contributed by atoms with Crippen molar-refractivity contribution in [2.45, 2.75) is 26.2 Å². The van der Waals surface area contributed by atoms with E-state index in [0.717, 1.165) is 5.75 Å². The van der Waals surface area contributed by atoms with Gasteiger partial charge in [0, 0.05) is 30.7 Å². The number of aromatic nitrogens is 1. The fourth-order valence-electron chi connectivity index (χ4n) is 3.80. The number of hydrogen-bond acceptors (Lipinski definition) is 1. The topological polar surface area (TPSA) is 13.1 Å². The number of benzene rings is 2. The molecule has 2 nitrogen and oxygen atoms in total. The van der Waals surface area contributed by atoms with Gasteiger partial charge in [-0.15, -0.1) is 0 Å². The third-order valence-corrected chi connectivity index (χ3v) is 5.13. The van der Waals surface area contributed by atoms with E-state index in [9.17, 15) is 0 Å². The summed E-state index contributed by atoms with van der Waals surface area (Å²) < 4.78 is 7.67. The standard InChI is InChI=1S/C22H22NO/c1-15-13-17(16-9-11-18(24-4)12-10-16)14-21-22(2,3)19-7-5-6-8-20(19)23(15)21/h5-14H,1-4H3/q+1. The van der Waals surface area contributed by atoms with Gasteiger partial charge >= 0.3 is 0 Å². The number of hydrogen-bond donors (Lipinski definition) is 0. The molecule has 0 spiro atoms. The molecule has 120 valence electrons. The molecular weight excluding hydrogens is 294 g/mol. The zero-order chi connectivity index (χ0) is 16.9. The van der Waals surface area contributed by atoms with Gasteiger partial charge in [0.15, 0.2) is 11.4 Å². The van der Waals surface area contributed by atoms with E-state index in [2.05, 4.69) is 73.9 Å². The molecule has 0 aliphatic carbocycles. The van der Waals surface area contributed by atoms with Crippen molar-refractivity contribution in [2.75, 3.05) is 7.11 Å². The van der Waals surface area contributed by atoms with Gasteiger partial charge in [-0.05, 0) is 37.1 Å². The van der Waals surface area contributed by atoms with Crippen molar-refractivity contribution in [1.82, 2.24) is 0 Å². The summed E-state index contributed by atoms with van der Waals surface area (Å²) in [6.07, 6.45) is 0. The van der Waals surface area contributed by atoms with Gasteiger partial charge in [-0.3, -0.25) is 0 Å². The van der Waals surface area contributed by atoms with Crippen LogP contribution in [0.3, 0.4) is 0 Å². The molecule has 0 radical (unpaired) electrons. The van der Waals surface area contributed by atoms with E-state index in [1.807, 2.05) is 12.1 Å². The van der Waals surface area contributed by atoms with Crippen molar-refractivity contribution >= 4 is 0 Å². The molecular formula is C22H22NO+. The molecule has 0 unspecified atom stereocenters. The molecule has 3 aromatic rings. The van der Waals surface area contributed by atoms with Crippen molar-refractivity contribution in [2.24, 2.45) is 0 Å². The molecule has 2 heteroatoms. The van der Waals surface area contributed by atoms with Crippen LogP contribution in [0.2, 0.25) is 0 Å². The second-order valence-corrected chi connectivity index (χ2v) is 6.98. The first kappa shape index (κ1) is 14.9. The normalized spacial score (nSPS) is 14.2. The molecule has 0 amide bonds. The van der Waals surface area contributed by atoms with Gasteiger partial charge < -0.3 is 4.74 Å². The van der Waals surface area contributed by atoms with Crippen LogP contribution in [-0.2, 0) is 5.41 Å². The number of methoxy groups -OCH3 is 1. The van der Waals surface area contributed by atoms with Crippen molar-refractivity contribution < 1.29 is 9.30 Å². The predicted molar refractivity (Wildman–Crippen MR) is 96.8 cm³/mol. The maximum Gasteiger partial charge on any atom is 0.215 e. The average Bonchev–Trinajstić information content (AvgIpc) is 2.83. The number of nitrogens with zero attached hydrogens (tertiary/aromatic N) is 1. The first-order valence-electron chi connectivity index (χ1n) is 8.34. The number of para-hydroxylation sites is 1. The lowest BCUT2D eigenvalue weighted by Gasteiger charge is -2.15. The Balaban J connectivity index is 1.91. The van der Waals surface area contributed by atoms with Crippen molar-refractivity contribution in [3.05, 3.63) is 77.6 Å². The third kappa shape index (κ3) is 2.06. The van der Waals surface area contributed by atoms with Crippen LogP contribution in [0, 0.1) is 6.92 Å². The lowest BCUT2D eigenvalue weighted by atomic mass is 9.82. The molecule has 2 heterocycles. The first-order valence-corrected chi connectivity index (χ1v) is 8.34. The van der Waals surface area contributed by atoms with Gasteiger partial charge in [0.1, 0.15) is 5.75 Å². The molecule has 1 aromatic heterocycles. The zero-order valence-electron chi connectivity index (χ0n) is 14.6. The van der Waals surface area contributed by atoms with Gasteiger partial charge in [0.25, 0.3) is 0 Å². The molecule has 2 aromatic carbocycles. The molecule has 0 atom stereocenters. The van der Waals surface area contributed by atoms with Gasteiger partial charge in [-0.25, -0.2) is 0 Å². The van der Waals surface area contributed by atoms with Crippen LogP contribution in [0.1, 0.15) is 30.8 Å². The highest BCUT2D eigenvalue weighted by Gasteiger charge is 2.44. The Hall–Kier alpha value is -2.61. The molecule has 0 fully saturated rings. The average molecular weight is 316 g/mol. The van der Waals surface area contributed by atoms with Crippen LogP contribution >= 0.6 is 0 Å². The Morgan fingerprint density at radius 2 is 1.58 bits per heavy atom. The van der Waals surface area contributed by atoms with Crippen molar-refractivity contribution in [1.29, 1.82) is 0 Å². The summed E-state index contributed by atoms with van der Waals surface area (Å²) in [5, 5.41) is 0. The Bertz CT molecular complexity index is 923. The Morgan fingerprint density at radius 3 is 2.29 bits per heavy atom. The molecule has 0 saturated carbocycles. The van der Waals surface area contributed by atoms with Gasteiger partial charge in [0.05, 0.1) is 12.5 Å². The smallest absolute Gasteiger partial charge is 0.215 e. The van der Waals surface area contributed by atoms with E-state index >= 15 is 0 Å². The molecule has 0 saturated heterocycles. The third-order valence-electron chi connectivity index (χ3n) is 5.13. The van der Waals surface area contributed by atoms with Gasteiger partial charge in [-0.2, -0.15) is 4.57 Å². The maximum atomic E-state index is 5.27. The number of rotatable bonds is 2. The van der Waals surface area contributed by atoms with Crippen LogP contribution in [0.5, 0.6) is 5.75 Å². The summed E-state index contributed by atoms with van der Waals surface area (Å²) in [4.78, 5) is 0. The van der Waals surface area contributed by atoms with E-state index in [1.165, 1.54) is 33.8 Å². The van der Waals surface area contributed by atoms with Crippen LogP contribution in [-0.4, -0.2) is 7.11 Å². The molecule has 0 N–H and O–H groups in total. The minimum atomic E-state index is 0.00380. The molecule has 24 heavy (non-hydrogen) atoms. The lowest BCUT2D eigenvalue weighted by Crippen LogP contribution is -2.37. The highest BCUT2D eigenvalue weighted by atomic mass is 16.5. The maximum absolute atomic E-state index is 5.27. The highest BCUT2D eigenvalue weighted by molar-refractivity contribution is 5.66. The number of pyridine rings is 1. The van der Waals surface area contributed by atoms with E-state index in [-0.39, 0.29) is 5.41 Å². The summed E-state index contributed by atoms with van der Waals surface area (Å²) in [6.45, 7) is 6.80.